The summed E-state index contributed by atoms with van der Waals surface area (Å²) in [4.78, 5) is 0. The van der Waals surface area contributed by atoms with E-state index in [0.29, 0.717) is 6.42 Å². The van der Waals surface area contributed by atoms with E-state index in [1.807, 2.05) is 0 Å². The molecule has 0 saturated carbocycles. The molecule has 0 aromatic rings. The first kappa shape index (κ1) is 9.67. The van der Waals surface area contributed by atoms with Gasteiger partial charge < -0.3 is 0 Å². The van der Waals surface area contributed by atoms with E-state index >= 15 is 0 Å². The van der Waals surface area contributed by atoms with Gasteiger partial charge in [0, 0.05) is 0 Å². The number of allylic oxidation sites excluding steroid dienone is 1. The molecule has 0 bridgehead atoms. The van der Waals surface area contributed by atoms with Crippen LogP contribution in [0.15, 0.2) is 12.4 Å². The number of unbranched alkanes of at least 4 members (excludes halogenated alkanes) is 4. The summed E-state index contributed by atoms with van der Waals surface area (Å²) in [6.45, 7) is 5.38. The summed E-state index contributed by atoms with van der Waals surface area (Å²) in [5, 5.41) is 0. The van der Waals surface area contributed by atoms with Gasteiger partial charge in [-0.2, -0.15) is 0 Å². The first-order valence-electron chi connectivity index (χ1n) is 4.10. The van der Waals surface area contributed by atoms with Crippen molar-refractivity contribution >= 4 is 0 Å². The lowest BCUT2D eigenvalue weighted by Gasteiger charge is -1.96. The second-order valence-electron chi connectivity index (χ2n) is 2.68. The van der Waals surface area contributed by atoms with Gasteiger partial charge in [-0.25, -0.2) is 4.39 Å². The van der Waals surface area contributed by atoms with Crippen molar-refractivity contribution in [3.8, 4) is 0 Å². The van der Waals surface area contributed by atoms with Crippen LogP contribution in [0.2, 0.25) is 0 Å². The van der Waals surface area contributed by atoms with Crippen molar-refractivity contribution in [2.24, 2.45) is 0 Å². The Kier molecular flexibility index (Phi) is 6.56. The van der Waals surface area contributed by atoms with E-state index in [1.54, 1.807) is 0 Å². The molecule has 0 aliphatic heterocycles. The molecule has 0 saturated heterocycles. The molecule has 0 radical (unpaired) electrons. The topological polar surface area (TPSA) is 0 Å². The Balaban J connectivity index is 2.84. The maximum atomic E-state index is 12.0. The van der Waals surface area contributed by atoms with Gasteiger partial charge in [0.1, 0.15) is 0 Å². The molecule has 0 fully saturated rings. The molecule has 60 valence electrons. The van der Waals surface area contributed by atoms with Crippen LogP contribution in [0.5, 0.6) is 0 Å². The fourth-order valence-electron chi connectivity index (χ4n) is 0.920. The van der Waals surface area contributed by atoms with E-state index in [9.17, 15) is 4.39 Å². The first-order chi connectivity index (χ1) is 4.77. The molecule has 0 aromatic carbocycles. The predicted octanol–water partition coefficient (Wildman–Crippen LogP) is 3.83. The average Bonchev–Trinajstić information content (AvgIpc) is 1.87. The van der Waals surface area contributed by atoms with Crippen LogP contribution in [-0.4, -0.2) is 0 Å². The molecule has 0 amide bonds. The van der Waals surface area contributed by atoms with E-state index < -0.39 is 0 Å². The Morgan fingerprint density at radius 2 is 1.80 bits per heavy atom. The Morgan fingerprint density at radius 1 is 1.20 bits per heavy atom. The van der Waals surface area contributed by atoms with E-state index in [4.69, 9.17) is 0 Å². The molecule has 10 heavy (non-hydrogen) atoms. The maximum Gasteiger partial charge on any atom is 0.0928 e. The maximum absolute atomic E-state index is 12.0. The highest BCUT2D eigenvalue weighted by atomic mass is 19.1. The second kappa shape index (κ2) is 6.79. The summed E-state index contributed by atoms with van der Waals surface area (Å²) in [5.74, 6) is -0.170. The standard InChI is InChI=1S/C9H17F/c1-3-4-5-6-7-8-9(2)10/h2-8H2,1H3. The van der Waals surface area contributed by atoms with E-state index in [1.165, 1.54) is 19.3 Å². The molecular formula is C9H17F. The van der Waals surface area contributed by atoms with Crippen LogP contribution in [-0.2, 0) is 0 Å². The van der Waals surface area contributed by atoms with E-state index in [-0.39, 0.29) is 5.83 Å². The Labute approximate surface area is 63.1 Å². The average molecular weight is 144 g/mol. The molecule has 0 nitrogen and oxygen atoms in total. The zero-order valence-corrected chi connectivity index (χ0v) is 6.83. The van der Waals surface area contributed by atoms with Crippen LogP contribution < -0.4 is 0 Å². The Morgan fingerprint density at radius 3 is 2.30 bits per heavy atom. The molecule has 0 rings (SSSR count). The minimum Gasteiger partial charge on any atom is -0.212 e. The lowest BCUT2D eigenvalue weighted by molar-refractivity contribution is 0.550. The summed E-state index contributed by atoms with van der Waals surface area (Å²) < 4.78 is 12.0. The normalized spacial score (nSPS) is 9.80. The molecule has 0 heterocycles. The van der Waals surface area contributed by atoms with E-state index in [0.717, 1.165) is 12.8 Å². The van der Waals surface area contributed by atoms with Gasteiger partial charge >= 0.3 is 0 Å². The minimum absolute atomic E-state index is 0.170. The van der Waals surface area contributed by atoms with Gasteiger partial charge in [0.05, 0.1) is 5.83 Å². The monoisotopic (exact) mass is 144 g/mol. The van der Waals surface area contributed by atoms with Crippen LogP contribution in [0.1, 0.15) is 45.4 Å². The molecule has 0 spiro atoms. The summed E-state index contributed by atoms with van der Waals surface area (Å²) >= 11 is 0. The van der Waals surface area contributed by atoms with Crippen LogP contribution >= 0.6 is 0 Å². The van der Waals surface area contributed by atoms with Crippen molar-refractivity contribution < 1.29 is 4.39 Å². The van der Waals surface area contributed by atoms with E-state index in [2.05, 4.69) is 13.5 Å². The zero-order chi connectivity index (χ0) is 7.82. The molecule has 0 unspecified atom stereocenters. The van der Waals surface area contributed by atoms with Crippen LogP contribution in [0, 0.1) is 0 Å². The summed E-state index contributed by atoms with van der Waals surface area (Å²) in [6.07, 6.45) is 6.44. The zero-order valence-electron chi connectivity index (χ0n) is 6.83. The van der Waals surface area contributed by atoms with Crippen molar-refractivity contribution in [3.05, 3.63) is 12.4 Å². The Hall–Kier alpha value is -0.330. The van der Waals surface area contributed by atoms with Gasteiger partial charge in [-0.1, -0.05) is 39.2 Å². The summed E-state index contributed by atoms with van der Waals surface area (Å²) in [6, 6.07) is 0. The van der Waals surface area contributed by atoms with Gasteiger partial charge in [-0.3, -0.25) is 0 Å². The third-order valence-corrected chi connectivity index (χ3v) is 1.55. The first-order valence-corrected chi connectivity index (χ1v) is 4.10. The molecule has 0 N–H and O–H groups in total. The summed E-state index contributed by atoms with van der Waals surface area (Å²) in [7, 11) is 0. The van der Waals surface area contributed by atoms with Crippen molar-refractivity contribution in [2.45, 2.75) is 45.4 Å². The van der Waals surface area contributed by atoms with Crippen LogP contribution in [0.3, 0.4) is 0 Å². The predicted molar refractivity (Wildman–Crippen MR) is 43.6 cm³/mol. The molecule has 0 atom stereocenters. The second-order valence-corrected chi connectivity index (χ2v) is 2.68. The highest BCUT2D eigenvalue weighted by Crippen LogP contribution is 2.09. The molecule has 0 aliphatic carbocycles. The number of rotatable bonds is 6. The number of halogens is 1. The lowest BCUT2D eigenvalue weighted by Crippen LogP contribution is -1.77. The van der Waals surface area contributed by atoms with Gasteiger partial charge in [0.2, 0.25) is 0 Å². The van der Waals surface area contributed by atoms with Gasteiger partial charge in [0.15, 0.2) is 0 Å². The van der Waals surface area contributed by atoms with Gasteiger partial charge in [-0.05, 0) is 12.8 Å². The van der Waals surface area contributed by atoms with Gasteiger partial charge in [-0.15, -0.1) is 0 Å². The largest absolute Gasteiger partial charge is 0.212 e. The van der Waals surface area contributed by atoms with Crippen molar-refractivity contribution in [3.63, 3.8) is 0 Å². The molecule has 0 aliphatic rings. The summed E-state index contributed by atoms with van der Waals surface area (Å²) in [5.41, 5.74) is 0. The Bertz CT molecular complexity index is 86.7. The third kappa shape index (κ3) is 7.67. The smallest absolute Gasteiger partial charge is 0.0928 e. The van der Waals surface area contributed by atoms with Crippen LogP contribution in [0.25, 0.3) is 0 Å². The fraction of sp³-hybridized carbons (Fsp3) is 0.778. The van der Waals surface area contributed by atoms with Crippen molar-refractivity contribution in [1.82, 2.24) is 0 Å². The lowest BCUT2D eigenvalue weighted by atomic mass is 10.1. The fourth-order valence-corrected chi connectivity index (χ4v) is 0.920. The molecular weight excluding hydrogens is 127 g/mol. The minimum atomic E-state index is -0.170. The van der Waals surface area contributed by atoms with Gasteiger partial charge in [0.25, 0.3) is 0 Å². The molecule has 1 heteroatoms. The highest BCUT2D eigenvalue weighted by molar-refractivity contribution is 4.78. The number of hydrogen-bond acceptors (Lipinski definition) is 0. The van der Waals surface area contributed by atoms with Crippen molar-refractivity contribution in [2.75, 3.05) is 0 Å². The highest BCUT2D eigenvalue weighted by Gasteiger charge is 1.90. The third-order valence-electron chi connectivity index (χ3n) is 1.55. The number of hydrogen-bond donors (Lipinski definition) is 0. The quantitative estimate of drug-likeness (QED) is 0.497. The SMILES string of the molecule is C=C(F)CCCCCCC. The van der Waals surface area contributed by atoms with Crippen molar-refractivity contribution in [1.29, 1.82) is 0 Å². The molecule has 0 aromatic heterocycles. The van der Waals surface area contributed by atoms with Crippen LogP contribution in [0.4, 0.5) is 4.39 Å².